The van der Waals surface area contributed by atoms with E-state index in [-0.39, 0.29) is 5.91 Å². The normalized spacial score (nSPS) is 13.1. The number of hydrogen-bond donors (Lipinski definition) is 0. The average Bonchev–Trinajstić information content (AvgIpc) is 2.89. The van der Waals surface area contributed by atoms with Gasteiger partial charge in [0, 0.05) is 12.2 Å². The monoisotopic (exact) mass is 277 g/mol. The lowest BCUT2D eigenvalue weighted by atomic mass is 9.94. The van der Waals surface area contributed by atoms with E-state index in [1.807, 2.05) is 0 Å². The van der Waals surface area contributed by atoms with E-state index in [1.54, 1.807) is 4.90 Å². The molecule has 1 amide bonds. The Labute approximate surface area is 125 Å². The van der Waals surface area contributed by atoms with Gasteiger partial charge < -0.3 is 4.90 Å². The second kappa shape index (κ2) is 5.21. The Morgan fingerprint density at radius 3 is 2.57 bits per heavy atom. The standard InChI is InChI=1S/C19H19NO/c1-4-18(21)20-11-10-15-12-16(8-9-17(15)20)19-13(2)6-5-7-14(19)3/h4-9,12H,1,10-11H2,2-3H3. The van der Waals surface area contributed by atoms with Gasteiger partial charge in [0.2, 0.25) is 5.91 Å². The summed E-state index contributed by atoms with van der Waals surface area (Å²) in [7, 11) is 0. The van der Waals surface area contributed by atoms with Crippen molar-refractivity contribution in [2.75, 3.05) is 11.4 Å². The number of rotatable bonds is 2. The summed E-state index contributed by atoms with van der Waals surface area (Å²) in [5.41, 5.74) is 7.37. The molecule has 3 rings (SSSR count). The molecule has 0 bridgehead atoms. The summed E-state index contributed by atoms with van der Waals surface area (Å²) in [6.07, 6.45) is 2.29. The third-order valence-electron chi connectivity index (χ3n) is 4.19. The summed E-state index contributed by atoms with van der Waals surface area (Å²) in [5, 5.41) is 0. The van der Waals surface area contributed by atoms with Gasteiger partial charge in [0.15, 0.2) is 0 Å². The van der Waals surface area contributed by atoms with Crippen LogP contribution in [0.15, 0.2) is 49.1 Å². The van der Waals surface area contributed by atoms with Gasteiger partial charge in [-0.1, -0.05) is 30.8 Å². The zero-order valence-electron chi connectivity index (χ0n) is 12.5. The lowest BCUT2D eigenvalue weighted by molar-refractivity contribution is -0.114. The van der Waals surface area contributed by atoms with Gasteiger partial charge in [-0.25, -0.2) is 0 Å². The first-order valence-electron chi connectivity index (χ1n) is 7.25. The Morgan fingerprint density at radius 1 is 1.19 bits per heavy atom. The van der Waals surface area contributed by atoms with Gasteiger partial charge in [-0.05, 0) is 66.3 Å². The van der Waals surface area contributed by atoms with Gasteiger partial charge in [-0.2, -0.15) is 0 Å². The predicted molar refractivity (Wildman–Crippen MR) is 87.6 cm³/mol. The summed E-state index contributed by atoms with van der Waals surface area (Å²) < 4.78 is 0. The maximum Gasteiger partial charge on any atom is 0.250 e. The summed E-state index contributed by atoms with van der Waals surface area (Å²) in [4.78, 5) is 13.7. The van der Waals surface area contributed by atoms with Crippen LogP contribution < -0.4 is 4.90 Å². The second-order valence-corrected chi connectivity index (χ2v) is 5.55. The Balaban J connectivity index is 2.06. The van der Waals surface area contributed by atoms with E-state index < -0.39 is 0 Å². The van der Waals surface area contributed by atoms with Crippen molar-refractivity contribution in [2.24, 2.45) is 0 Å². The first-order chi connectivity index (χ1) is 10.1. The molecule has 21 heavy (non-hydrogen) atoms. The fourth-order valence-electron chi connectivity index (χ4n) is 3.17. The number of carbonyl (C=O) groups is 1. The molecule has 0 spiro atoms. The Bertz CT molecular complexity index is 710. The van der Waals surface area contributed by atoms with Crippen LogP contribution in [0.4, 0.5) is 5.69 Å². The molecule has 1 heterocycles. The van der Waals surface area contributed by atoms with Crippen LogP contribution in [0.2, 0.25) is 0 Å². The van der Waals surface area contributed by atoms with Crippen LogP contribution in [-0.2, 0) is 11.2 Å². The van der Waals surface area contributed by atoms with E-state index in [0.29, 0.717) is 0 Å². The van der Waals surface area contributed by atoms with Gasteiger partial charge in [0.05, 0.1) is 0 Å². The van der Waals surface area contributed by atoms with Crippen molar-refractivity contribution in [1.82, 2.24) is 0 Å². The highest BCUT2D eigenvalue weighted by Gasteiger charge is 2.23. The Kier molecular flexibility index (Phi) is 3.38. The predicted octanol–water partition coefficient (Wildman–Crippen LogP) is 4.05. The third kappa shape index (κ3) is 2.27. The number of aryl methyl sites for hydroxylation is 2. The van der Waals surface area contributed by atoms with Crippen molar-refractivity contribution in [3.8, 4) is 11.1 Å². The summed E-state index contributed by atoms with van der Waals surface area (Å²) >= 11 is 0. The number of carbonyl (C=O) groups excluding carboxylic acids is 1. The summed E-state index contributed by atoms with van der Waals surface area (Å²) in [6.45, 7) is 8.61. The minimum Gasteiger partial charge on any atom is -0.308 e. The molecule has 2 aromatic carbocycles. The molecule has 0 aliphatic carbocycles. The summed E-state index contributed by atoms with van der Waals surface area (Å²) in [6, 6.07) is 12.8. The van der Waals surface area contributed by atoms with E-state index in [4.69, 9.17) is 0 Å². The van der Waals surface area contributed by atoms with E-state index in [0.717, 1.165) is 18.7 Å². The molecular weight excluding hydrogens is 258 g/mol. The molecule has 2 heteroatoms. The molecule has 1 aliphatic rings. The molecule has 0 radical (unpaired) electrons. The molecule has 0 atom stereocenters. The number of benzene rings is 2. The number of fused-ring (bicyclic) bond motifs is 1. The van der Waals surface area contributed by atoms with Crippen LogP contribution in [0.3, 0.4) is 0 Å². The minimum atomic E-state index is -0.0198. The maximum absolute atomic E-state index is 11.8. The minimum absolute atomic E-state index is 0.0198. The lowest BCUT2D eigenvalue weighted by Crippen LogP contribution is -2.26. The van der Waals surface area contributed by atoms with Crippen molar-refractivity contribution in [3.05, 3.63) is 65.7 Å². The molecule has 0 saturated carbocycles. The van der Waals surface area contributed by atoms with Crippen LogP contribution in [0, 0.1) is 13.8 Å². The average molecular weight is 277 g/mol. The van der Waals surface area contributed by atoms with Gasteiger partial charge in [-0.3, -0.25) is 4.79 Å². The third-order valence-corrected chi connectivity index (χ3v) is 4.19. The quantitative estimate of drug-likeness (QED) is 0.758. The van der Waals surface area contributed by atoms with Crippen molar-refractivity contribution < 1.29 is 4.79 Å². The molecule has 0 N–H and O–H groups in total. The summed E-state index contributed by atoms with van der Waals surface area (Å²) in [5.74, 6) is -0.0198. The number of nitrogens with zero attached hydrogens (tertiary/aromatic N) is 1. The molecule has 0 saturated heterocycles. The van der Waals surface area contributed by atoms with Gasteiger partial charge >= 0.3 is 0 Å². The first kappa shape index (κ1) is 13.6. The van der Waals surface area contributed by atoms with Gasteiger partial charge in [0.25, 0.3) is 0 Å². The fraction of sp³-hybridized carbons (Fsp3) is 0.211. The Morgan fingerprint density at radius 2 is 1.90 bits per heavy atom. The number of hydrogen-bond acceptors (Lipinski definition) is 1. The highest BCUT2D eigenvalue weighted by molar-refractivity contribution is 6.02. The highest BCUT2D eigenvalue weighted by Crippen LogP contribution is 2.34. The van der Waals surface area contributed by atoms with E-state index in [2.05, 4.69) is 56.8 Å². The zero-order valence-corrected chi connectivity index (χ0v) is 12.5. The number of amides is 1. The molecule has 1 aliphatic heterocycles. The zero-order chi connectivity index (χ0) is 15.0. The lowest BCUT2D eigenvalue weighted by Gasteiger charge is -2.16. The van der Waals surface area contributed by atoms with E-state index >= 15 is 0 Å². The Hall–Kier alpha value is -2.35. The molecule has 106 valence electrons. The molecule has 2 aromatic rings. The van der Waals surface area contributed by atoms with Crippen LogP contribution >= 0.6 is 0 Å². The van der Waals surface area contributed by atoms with E-state index in [1.165, 1.54) is 33.9 Å². The maximum atomic E-state index is 11.8. The van der Waals surface area contributed by atoms with Gasteiger partial charge in [-0.15, -0.1) is 0 Å². The highest BCUT2D eigenvalue weighted by atomic mass is 16.2. The van der Waals surface area contributed by atoms with Crippen LogP contribution in [0.1, 0.15) is 16.7 Å². The molecule has 0 aromatic heterocycles. The van der Waals surface area contributed by atoms with Gasteiger partial charge in [0.1, 0.15) is 0 Å². The second-order valence-electron chi connectivity index (χ2n) is 5.55. The topological polar surface area (TPSA) is 20.3 Å². The fourth-order valence-corrected chi connectivity index (χ4v) is 3.17. The first-order valence-corrected chi connectivity index (χ1v) is 7.25. The van der Waals surface area contributed by atoms with Crippen molar-refractivity contribution in [1.29, 1.82) is 0 Å². The SMILES string of the molecule is C=CC(=O)N1CCc2cc(-c3c(C)cccc3C)ccc21. The van der Waals surface area contributed by atoms with Crippen LogP contribution in [-0.4, -0.2) is 12.5 Å². The number of anilines is 1. The van der Waals surface area contributed by atoms with Crippen molar-refractivity contribution in [3.63, 3.8) is 0 Å². The van der Waals surface area contributed by atoms with Crippen LogP contribution in [0.5, 0.6) is 0 Å². The van der Waals surface area contributed by atoms with Crippen LogP contribution in [0.25, 0.3) is 11.1 Å². The smallest absolute Gasteiger partial charge is 0.250 e. The molecule has 0 fully saturated rings. The largest absolute Gasteiger partial charge is 0.308 e. The molecule has 0 unspecified atom stereocenters. The molecular formula is C19H19NO. The molecule has 2 nitrogen and oxygen atoms in total. The van der Waals surface area contributed by atoms with Crippen molar-refractivity contribution in [2.45, 2.75) is 20.3 Å². The van der Waals surface area contributed by atoms with Crippen molar-refractivity contribution >= 4 is 11.6 Å². The van der Waals surface area contributed by atoms with E-state index in [9.17, 15) is 4.79 Å².